The van der Waals surface area contributed by atoms with Gasteiger partial charge in [-0.2, -0.15) is 5.26 Å². The maximum Gasteiger partial charge on any atom is 0.203 e. The highest BCUT2D eigenvalue weighted by molar-refractivity contribution is 7.11. The van der Waals surface area contributed by atoms with Gasteiger partial charge < -0.3 is 19.5 Å². The van der Waals surface area contributed by atoms with E-state index in [0.29, 0.717) is 55.6 Å². The highest BCUT2D eigenvalue weighted by atomic mass is 35.5. The summed E-state index contributed by atoms with van der Waals surface area (Å²) in [5.41, 5.74) is 4.49. The second-order valence-corrected chi connectivity index (χ2v) is 10.9. The van der Waals surface area contributed by atoms with E-state index in [4.69, 9.17) is 25.8 Å². The second kappa shape index (κ2) is 13.4. The van der Waals surface area contributed by atoms with Gasteiger partial charge in [-0.1, -0.05) is 49.7 Å². The van der Waals surface area contributed by atoms with E-state index >= 15 is 0 Å². The maximum absolute atomic E-state index is 13.6. The number of carbonyl (C=O) groups excluding carboxylic acids is 1. The van der Waals surface area contributed by atoms with Crippen LogP contribution in [0.1, 0.15) is 40.3 Å². The Morgan fingerprint density at radius 1 is 1.05 bits per heavy atom. The number of methoxy groups -OCH3 is 3. The number of hydrogen-bond acceptors (Lipinski definition) is 8. The number of ether oxygens (including phenoxy) is 3. The highest BCUT2D eigenvalue weighted by Crippen LogP contribution is 2.39. The van der Waals surface area contributed by atoms with E-state index in [1.807, 2.05) is 5.38 Å². The molecule has 3 aromatic carbocycles. The first kappa shape index (κ1) is 29.7. The fraction of sp³-hybridized carbons (Fsp3) is 0.219. The number of halogens is 1. The molecule has 0 bridgehead atoms. The minimum absolute atomic E-state index is 0.307. The molecule has 1 aromatic heterocycles. The van der Waals surface area contributed by atoms with Crippen molar-refractivity contribution in [2.24, 2.45) is 5.92 Å². The van der Waals surface area contributed by atoms with Crippen molar-refractivity contribution in [3.8, 4) is 34.6 Å². The predicted molar refractivity (Wildman–Crippen MR) is 164 cm³/mol. The molecule has 0 aliphatic heterocycles. The van der Waals surface area contributed by atoms with Crippen LogP contribution in [0.4, 0.5) is 5.69 Å². The van der Waals surface area contributed by atoms with Crippen molar-refractivity contribution in [3.63, 3.8) is 0 Å². The lowest BCUT2D eigenvalue weighted by molar-refractivity contribution is 0.103. The van der Waals surface area contributed by atoms with Crippen molar-refractivity contribution >= 4 is 40.0 Å². The fourth-order valence-electron chi connectivity index (χ4n) is 4.30. The van der Waals surface area contributed by atoms with Crippen LogP contribution >= 0.6 is 22.9 Å². The molecule has 0 unspecified atom stereocenters. The molecule has 7 nitrogen and oxygen atoms in total. The Kier molecular flexibility index (Phi) is 9.66. The van der Waals surface area contributed by atoms with Crippen LogP contribution in [0.2, 0.25) is 5.02 Å². The summed E-state index contributed by atoms with van der Waals surface area (Å²) in [6.07, 6.45) is 2.56. The monoisotopic (exact) mass is 587 g/mol. The molecule has 0 spiro atoms. The average molecular weight is 588 g/mol. The van der Waals surface area contributed by atoms with Crippen LogP contribution in [0.3, 0.4) is 0 Å². The zero-order valence-corrected chi connectivity index (χ0v) is 25.0. The van der Waals surface area contributed by atoms with Crippen LogP contribution in [-0.2, 0) is 6.42 Å². The van der Waals surface area contributed by atoms with Gasteiger partial charge in [0, 0.05) is 39.0 Å². The molecule has 0 atom stereocenters. The van der Waals surface area contributed by atoms with Crippen LogP contribution in [0.15, 0.2) is 66.2 Å². The van der Waals surface area contributed by atoms with Gasteiger partial charge in [0.1, 0.15) is 16.6 Å². The lowest BCUT2D eigenvalue weighted by atomic mass is 10.0. The topological polar surface area (TPSA) is 93.5 Å². The smallest absolute Gasteiger partial charge is 0.203 e. The summed E-state index contributed by atoms with van der Waals surface area (Å²) >= 11 is 7.65. The Morgan fingerprint density at radius 2 is 1.73 bits per heavy atom. The number of allylic oxidation sites excluding steroid dienone is 1. The predicted octanol–water partition coefficient (Wildman–Crippen LogP) is 7.90. The number of hydrogen-bond donors (Lipinski definition) is 1. The molecule has 0 radical (unpaired) electrons. The second-order valence-electron chi connectivity index (χ2n) is 9.58. The Labute approximate surface area is 249 Å². The van der Waals surface area contributed by atoms with Gasteiger partial charge in [-0.25, -0.2) is 4.98 Å². The highest BCUT2D eigenvalue weighted by Gasteiger charge is 2.20. The molecule has 9 heteroatoms. The van der Waals surface area contributed by atoms with Crippen molar-refractivity contribution in [1.29, 1.82) is 5.26 Å². The van der Waals surface area contributed by atoms with Crippen LogP contribution < -0.4 is 19.5 Å². The first-order chi connectivity index (χ1) is 19.8. The zero-order valence-electron chi connectivity index (χ0n) is 23.4. The number of aromatic nitrogens is 1. The number of ketones is 1. The Morgan fingerprint density at radius 3 is 2.32 bits per heavy atom. The number of anilines is 1. The van der Waals surface area contributed by atoms with Crippen LogP contribution in [0.25, 0.3) is 16.8 Å². The molecule has 41 heavy (non-hydrogen) atoms. The minimum atomic E-state index is -0.321. The third kappa shape index (κ3) is 6.88. The van der Waals surface area contributed by atoms with E-state index in [-0.39, 0.29) is 5.78 Å². The van der Waals surface area contributed by atoms with E-state index in [2.05, 4.69) is 54.5 Å². The molecule has 1 N–H and O–H groups in total. The number of benzene rings is 3. The van der Waals surface area contributed by atoms with Gasteiger partial charge in [0.05, 0.1) is 27.0 Å². The van der Waals surface area contributed by atoms with Gasteiger partial charge in [0.25, 0.3) is 0 Å². The number of nitrogens with zero attached hydrogens (tertiary/aromatic N) is 2. The third-order valence-corrected chi connectivity index (χ3v) is 7.38. The van der Waals surface area contributed by atoms with E-state index in [0.717, 1.165) is 17.7 Å². The summed E-state index contributed by atoms with van der Waals surface area (Å²) in [6.45, 7) is 4.39. The van der Waals surface area contributed by atoms with Crippen molar-refractivity contribution in [3.05, 3.63) is 92.9 Å². The average Bonchev–Trinajstić information content (AvgIpc) is 3.47. The van der Waals surface area contributed by atoms with Gasteiger partial charge >= 0.3 is 0 Å². The molecular weight excluding hydrogens is 558 g/mol. The molecular formula is C32H30ClN3O4S. The largest absolute Gasteiger partial charge is 0.493 e. The van der Waals surface area contributed by atoms with Gasteiger partial charge in [0.2, 0.25) is 5.75 Å². The maximum atomic E-state index is 13.6. The Hall–Kier alpha value is -4.32. The Bertz CT molecular complexity index is 1600. The lowest BCUT2D eigenvalue weighted by Gasteiger charge is -2.15. The minimum Gasteiger partial charge on any atom is -0.493 e. The van der Waals surface area contributed by atoms with Crippen LogP contribution in [0, 0.1) is 17.2 Å². The molecule has 0 aliphatic rings. The quantitative estimate of drug-likeness (QED) is 0.141. The molecule has 4 rings (SSSR count). The van der Waals surface area contributed by atoms with E-state index in [1.165, 1.54) is 38.2 Å². The molecule has 0 saturated heterocycles. The summed E-state index contributed by atoms with van der Waals surface area (Å²) in [7, 11) is 4.46. The number of nitrogens with one attached hydrogen (secondary N) is 1. The van der Waals surface area contributed by atoms with Crippen molar-refractivity contribution in [2.45, 2.75) is 20.3 Å². The normalized spacial score (nSPS) is 11.2. The van der Waals surface area contributed by atoms with Gasteiger partial charge in [-0.3, -0.25) is 4.79 Å². The van der Waals surface area contributed by atoms with Crippen LogP contribution in [0.5, 0.6) is 17.2 Å². The van der Waals surface area contributed by atoms with Crippen molar-refractivity contribution in [2.75, 3.05) is 26.6 Å². The number of rotatable bonds is 11. The van der Waals surface area contributed by atoms with E-state index < -0.39 is 0 Å². The fourth-order valence-corrected chi connectivity index (χ4v) is 5.27. The number of thiazole rings is 1. The molecule has 0 fully saturated rings. The Balaban J connectivity index is 1.62. The summed E-state index contributed by atoms with van der Waals surface area (Å²) < 4.78 is 16.2. The standard InChI is InChI=1S/C32H30ClN3O4S/c1-19(2)12-20-6-8-21(9-7-20)27-18-41-32(36-27)23(16-34)17-35-26-11-10-24(33)15-25(26)30(37)22-13-28(38-3)31(40-5)29(14-22)39-4/h6-11,13-15,17-19,35H,12H2,1-5H3. The van der Waals surface area contributed by atoms with Gasteiger partial charge in [-0.05, 0) is 48.2 Å². The molecule has 1 heterocycles. The SMILES string of the molecule is COc1cc(C(=O)c2cc(Cl)ccc2NC=C(C#N)c2nc(-c3ccc(CC(C)C)cc3)cs2)cc(OC)c1OC. The van der Waals surface area contributed by atoms with E-state index in [1.54, 1.807) is 36.5 Å². The van der Waals surface area contributed by atoms with Gasteiger partial charge in [-0.15, -0.1) is 11.3 Å². The molecule has 0 aliphatic carbocycles. The molecule has 210 valence electrons. The van der Waals surface area contributed by atoms with Crippen molar-refractivity contribution < 1.29 is 19.0 Å². The van der Waals surface area contributed by atoms with Crippen molar-refractivity contribution in [1.82, 2.24) is 4.98 Å². The third-order valence-electron chi connectivity index (χ3n) is 6.27. The number of nitriles is 1. The van der Waals surface area contributed by atoms with Crippen LogP contribution in [-0.4, -0.2) is 32.1 Å². The molecule has 0 amide bonds. The van der Waals surface area contributed by atoms with E-state index in [9.17, 15) is 10.1 Å². The lowest BCUT2D eigenvalue weighted by Crippen LogP contribution is -2.07. The molecule has 0 saturated carbocycles. The summed E-state index contributed by atoms with van der Waals surface area (Å²) in [5.74, 6) is 1.35. The summed E-state index contributed by atoms with van der Waals surface area (Å²) in [5, 5.41) is 15.9. The van der Waals surface area contributed by atoms with Gasteiger partial charge in [0.15, 0.2) is 17.3 Å². The summed E-state index contributed by atoms with van der Waals surface area (Å²) in [6, 6.07) is 18.6. The number of carbonyl (C=O) groups is 1. The summed E-state index contributed by atoms with van der Waals surface area (Å²) in [4.78, 5) is 18.3. The zero-order chi connectivity index (χ0) is 29.5. The first-order valence-electron chi connectivity index (χ1n) is 12.8. The first-order valence-corrected chi connectivity index (χ1v) is 14.1. The molecule has 4 aromatic rings.